The molecule has 1 rings (SSSR count). The third kappa shape index (κ3) is 6.52. The number of aliphatic carboxylic acids is 1. The molecule has 120 valence electrons. The van der Waals surface area contributed by atoms with E-state index in [0.717, 1.165) is 32.1 Å². The molecule has 1 aromatic carbocycles. The van der Waals surface area contributed by atoms with Gasteiger partial charge in [0.05, 0.1) is 0 Å². The van der Waals surface area contributed by atoms with Gasteiger partial charge in [0.1, 0.15) is 11.9 Å². The Bertz CT molecular complexity index is 499. The minimum Gasteiger partial charge on any atom is -0.480 e. The summed E-state index contributed by atoms with van der Waals surface area (Å²) in [5.74, 6) is -1.99. The van der Waals surface area contributed by atoms with Crippen LogP contribution in [0.4, 0.5) is 4.39 Å². The molecule has 0 aliphatic carbocycles. The van der Waals surface area contributed by atoms with Gasteiger partial charge in [0, 0.05) is 5.56 Å². The summed E-state index contributed by atoms with van der Waals surface area (Å²) in [5, 5.41) is 11.6. The van der Waals surface area contributed by atoms with E-state index >= 15 is 0 Å². The van der Waals surface area contributed by atoms with Crippen LogP contribution in [0.1, 0.15) is 48.9 Å². The fourth-order valence-corrected chi connectivity index (χ4v) is 2.09. The summed E-state index contributed by atoms with van der Waals surface area (Å²) in [6.07, 6.45) is 6.93. The van der Waals surface area contributed by atoms with Crippen molar-refractivity contribution in [3.8, 4) is 0 Å². The molecule has 5 heteroatoms. The quantitative estimate of drug-likeness (QED) is 0.513. The first kappa shape index (κ1) is 17.9. The Hall–Kier alpha value is -2.17. The maximum atomic E-state index is 12.8. The SMILES string of the molecule is C=CCCCCCC[C@H](NC(=O)c1ccc(F)cc1)C(=O)O. The summed E-state index contributed by atoms with van der Waals surface area (Å²) >= 11 is 0. The fraction of sp³-hybridized carbons (Fsp3) is 0.412. The van der Waals surface area contributed by atoms with Crippen molar-refractivity contribution >= 4 is 11.9 Å². The summed E-state index contributed by atoms with van der Waals surface area (Å²) < 4.78 is 12.8. The minimum atomic E-state index is -1.05. The predicted octanol–water partition coefficient (Wildman–Crippen LogP) is 3.54. The zero-order valence-corrected chi connectivity index (χ0v) is 12.6. The maximum Gasteiger partial charge on any atom is 0.326 e. The Morgan fingerprint density at radius 1 is 1.18 bits per heavy atom. The highest BCUT2D eigenvalue weighted by molar-refractivity contribution is 5.96. The van der Waals surface area contributed by atoms with Gasteiger partial charge in [-0.15, -0.1) is 6.58 Å². The van der Waals surface area contributed by atoms with Gasteiger partial charge in [-0.3, -0.25) is 4.79 Å². The van der Waals surface area contributed by atoms with Crippen LogP contribution in [-0.2, 0) is 4.79 Å². The van der Waals surface area contributed by atoms with Gasteiger partial charge in [0.2, 0.25) is 0 Å². The highest BCUT2D eigenvalue weighted by Gasteiger charge is 2.20. The number of halogens is 1. The molecule has 0 aliphatic rings. The normalized spacial score (nSPS) is 11.7. The van der Waals surface area contributed by atoms with E-state index in [2.05, 4.69) is 11.9 Å². The Labute approximate surface area is 130 Å². The van der Waals surface area contributed by atoms with E-state index in [1.807, 2.05) is 6.08 Å². The third-order valence-electron chi connectivity index (χ3n) is 3.36. The third-order valence-corrected chi connectivity index (χ3v) is 3.36. The molecule has 0 spiro atoms. The Balaban J connectivity index is 2.43. The van der Waals surface area contributed by atoms with Crippen molar-refractivity contribution in [1.82, 2.24) is 5.32 Å². The largest absolute Gasteiger partial charge is 0.480 e. The summed E-state index contributed by atoms with van der Waals surface area (Å²) in [4.78, 5) is 23.1. The van der Waals surface area contributed by atoms with Gasteiger partial charge in [0.15, 0.2) is 0 Å². The van der Waals surface area contributed by atoms with Crippen LogP contribution in [-0.4, -0.2) is 23.0 Å². The number of amides is 1. The zero-order valence-electron chi connectivity index (χ0n) is 12.6. The smallest absolute Gasteiger partial charge is 0.326 e. The van der Waals surface area contributed by atoms with Gasteiger partial charge in [-0.1, -0.05) is 25.3 Å². The lowest BCUT2D eigenvalue weighted by molar-refractivity contribution is -0.139. The standard InChI is InChI=1S/C17H22FNO3/c1-2-3-4-5-6-7-8-15(17(21)22)19-16(20)13-9-11-14(18)12-10-13/h2,9-12,15H,1,3-8H2,(H,19,20)(H,21,22)/t15-/m0/s1. The Kier molecular flexibility index (Phi) is 7.89. The molecule has 0 saturated carbocycles. The number of unbranched alkanes of at least 4 members (excludes halogenated alkanes) is 4. The van der Waals surface area contributed by atoms with Gasteiger partial charge >= 0.3 is 5.97 Å². The van der Waals surface area contributed by atoms with E-state index in [1.165, 1.54) is 24.3 Å². The first-order chi connectivity index (χ1) is 10.5. The van der Waals surface area contributed by atoms with E-state index in [4.69, 9.17) is 5.11 Å². The van der Waals surface area contributed by atoms with Gasteiger partial charge in [-0.2, -0.15) is 0 Å². The molecule has 0 bridgehead atoms. The van der Waals surface area contributed by atoms with Crippen molar-refractivity contribution in [2.45, 2.75) is 44.6 Å². The number of rotatable bonds is 10. The highest BCUT2D eigenvalue weighted by Crippen LogP contribution is 2.09. The second-order valence-corrected chi connectivity index (χ2v) is 5.15. The maximum absolute atomic E-state index is 12.8. The van der Waals surface area contributed by atoms with Crippen molar-refractivity contribution in [2.24, 2.45) is 0 Å². The molecule has 1 atom stereocenters. The van der Waals surface area contributed by atoms with Crippen molar-refractivity contribution in [3.05, 3.63) is 48.3 Å². The van der Waals surface area contributed by atoms with E-state index < -0.39 is 23.7 Å². The first-order valence-electron chi connectivity index (χ1n) is 7.44. The average molecular weight is 307 g/mol. The van der Waals surface area contributed by atoms with Crippen LogP contribution in [0.3, 0.4) is 0 Å². The second-order valence-electron chi connectivity index (χ2n) is 5.15. The van der Waals surface area contributed by atoms with E-state index in [1.54, 1.807) is 0 Å². The Morgan fingerprint density at radius 3 is 2.41 bits per heavy atom. The number of carboxylic acids is 1. The lowest BCUT2D eigenvalue weighted by atomic mass is 10.1. The summed E-state index contributed by atoms with van der Waals surface area (Å²) in [6.45, 7) is 3.65. The Morgan fingerprint density at radius 2 is 1.82 bits per heavy atom. The van der Waals surface area contributed by atoms with Crippen LogP contribution in [0.15, 0.2) is 36.9 Å². The van der Waals surface area contributed by atoms with Crippen LogP contribution < -0.4 is 5.32 Å². The van der Waals surface area contributed by atoms with Gasteiger partial charge < -0.3 is 10.4 Å². The van der Waals surface area contributed by atoms with Crippen LogP contribution in [0.25, 0.3) is 0 Å². The molecule has 0 aromatic heterocycles. The molecule has 1 aromatic rings. The molecule has 4 nitrogen and oxygen atoms in total. The summed E-state index contributed by atoms with van der Waals surface area (Å²) in [5.41, 5.74) is 0.249. The number of hydrogen-bond donors (Lipinski definition) is 2. The van der Waals surface area contributed by atoms with Crippen molar-refractivity contribution in [2.75, 3.05) is 0 Å². The number of nitrogens with one attached hydrogen (secondary N) is 1. The summed E-state index contributed by atoms with van der Waals surface area (Å²) in [7, 11) is 0. The second kappa shape index (κ2) is 9.71. The molecule has 0 saturated heterocycles. The number of carbonyl (C=O) groups excluding carboxylic acids is 1. The van der Waals surface area contributed by atoms with Crippen molar-refractivity contribution in [3.63, 3.8) is 0 Å². The molecule has 0 aliphatic heterocycles. The van der Waals surface area contributed by atoms with Crippen LogP contribution >= 0.6 is 0 Å². The number of benzene rings is 1. The monoisotopic (exact) mass is 307 g/mol. The molecule has 0 radical (unpaired) electrons. The van der Waals surface area contributed by atoms with Gasteiger partial charge in [0.25, 0.3) is 5.91 Å². The van der Waals surface area contributed by atoms with E-state index in [9.17, 15) is 14.0 Å². The van der Waals surface area contributed by atoms with Crippen LogP contribution in [0.5, 0.6) is 0 Å². The topological polar surface area (TPSA) is 66.4 Å². The zero-order chi connectivity index (χ0) is 16.4. The molecule has 1 amide bonds. The van der Waals surface area contributed by atoms with Gasteiger partial charge in [-0.05, 0) is 43.5 Å². The predicted molar refractivity (Wildman–Crippen MR) is 83.2 cm³/mol. The number of carbonyl (C=O) groups is 2. The van der Waals surface area contributed by atoms with Gasteiger partial charge in [-0.25, -0.2) is 9.18 Å². The number of allylic oxidation sites excluding steroid dienone is 1. The molecule has 2 N–H and O–H groups in total. The molecule has 22 heavy (non-hydrogen) atoms. The van der Waals surface area contributed by atoms with Crippen LogP contribution in [0.2, 0.25) is 0 Å². The average Bonchev–Trinajstić information content (AvgIpc) is 2.49. The number of carboxylic acid groups (broad SMARTS) is 1. The van der Waals surface area contributed by atoms with Crippen molar-refractivity contribution < 1.29 is 19.1 Å². The summed E-state index contributed by atoms with van der Waals surface area (Å²) in [6, 6.07) is 4.09. The molecule has 0 heterocycles. The van der Waals surface area contributed by atoms with E-state index in [-0.39, 0.29) is 5.56 Å². The number of hydrogen-bond acceptors (Lipinski definition) is 2. The van der Waals surface area contributed by atoms with Crippen LogP contribution in [0, 0.1) is 5.82 Å². The first-order valence-corrected chi connectivity index (χ1v) is 7.44. The molecular formula is C17H22FNO3. The lowest BCUT2D eigenvalue weighted by Gasteiger charge is -2.14. The molecule has 0 unspecified atom stereocenters. The lowest BCUT2D eigenvalue weighted by Crippen LogP contribution is -2.40. The molecule has 0 fully saturated rings. The van der Waals surface area contributed by atoms with E-state index in [0.29, 0.717) is 6.42 Å². The molecular weight excluding hydrogens is 285 g/mol. The highest BCUT2D eigenvalue weighted by atomic mass is 19.1. The minimum absolute atomic E-state index is 0.249. The van der Waals surface area contributed by atoms with Crippen molar-refractivity contribution in [1.29, 1.82) is 0 Å². The fourth-order valence-electron chi connectivity index (χ4n) is 2.09.